The number of anilines is 1. The van der Waals surface area contributed by atoms with E-state index in [-0.39, 0.29) is 5.91 Å². The van der Waals surface area contributed by atoms with Gasteiger partial charge in [-0.3, -0.25) is 14.4 Å². The van der Waals surface area contributed by atoms with Crippen LogP contribution >= 0.6 is 0 Å². The molecule has 0 bridgehead atoms. The first kappa shape index (κ1) is 14.6. The second-order valence-corrected chi connectivity index (χ2v) is 5.82. The maximum absolute atomic E-state index is 13.6. The summed E-state index contributed by atoms with van der Waals surface area (Å²) in [6.07, 6.45) is 3.37. The zero-order valence-electron chi connectivity index (χ0n) is 13.1. The van der Waals surface area contributed by atoms with Crippen molar-refractivity contribution in [1.82, 2.24) is 14.8 Å². The molecule has 3 aromatic rings. The fourth-order valence-corrected chi connectivity index (χ4v) is 2.97. The minimum absolute atomic E-state index is 0.262. The summed E-state index contributed by atoms with van der Waals surface area (Å²) in [5.41, 5.74) is 2.90. The largest absolute Gasteiger partial charge is 0.286 e. The molecule has 0 saturated carbocycles. The number of benzene rings is 1. The first-order chi connectivity index (χ1) is 11.6. The van der Waals surface area contributed by atoms with E-state index in [9.17, 15) is 9.18 Å². The molecule has 0 radical (unpaired) electrons. The van der Waals surface area contributed by atoms with Crippen LogP contribution in [0.3, 0.4) is 0 Å². The number of aromatic nitrogens is 3. The molecule has 0 N–H and O–H groups in total. The number of carbonyl (C=O) groups is 1. The van der Waals surface area contributed by atoms with E-state index >= 15 is 0 Å². The normalized spacial score (nSPS) is 13.2. The van der Waals surface area contributed by atoms with Crippen molar-refractivity contribution in [2.45, 2.75) is 20.0 Å². The van der Waals surface area contributed by atoms with Crippen molar-refractivity contribution in [3.05, 3.63) is 77.0 Å². The highest BCUT2D eigenvalue weighted by Gasteiger charge is 2.27. The monoisotopic (exact) mass is 322 g/mol. The summed E-state index contributed by atoms with van der Waals surface area (Å²) in [6.45, 7) is 2.70. The fraction of sp³-hybridized carbons (Fsp3) is 0.167. The summed E-state index contributed by atoms with van der Waals surface area (Å²) in [6, 6.07) is 9.90. The van der Waals surface area contributed by atoms with Crippen molar-refractivity contribution in [2.24, 2.45) is 0 Å². The van der Waals surface area contributed by atoms with Gasteiger partial charge in [-0.1, -0.05) is 12.1 Å². The smallest absolute Gasteiger partial charge is 0.260 e. The Hall–Kier alpha value is -3.02. The van der Waals surface area contributed by atoms with Crippen LogP contribution in [-0.2, 0) is 13.1 Å². The van der Waals surface area contributed by atoms with E-state index in [1.54, 1.807) is 30.3 Å². The van der Waals surface area contributed by atoms with Gasteiger partial charge in [-0.15, -0.1) is 0 Å². The Bertz CT molecular complexity index is 934. The van der Waals surface area contributed by atoms with Crippen LogP contribution in [0.1, 0.15) is 27.2 Å². The van der Waals surface area contributed by atoms with Gasteiger partial charge in [-0.05, 0) is 36.8 Å². The van der Waals surface area contributed by atoms with Gasteiger partial charge in [-0.2, -0.15) is 5.10 Å². The van der Waals surface area contributed by atoms with Crippen molar-refractivity contribution in [1.29, 1.82) is 0 Å². The van der Waals surface area contributed by atoms with Gasteiger partial charge in [0.05, 0.1) is 18.8 Å². The molecule has 5 nitrogen and oxygen atoms in total. The molecule has 0 unspecified atom stereocenters. The number of hydrogen-bond acceptors (Lipinski definition) is 3. The molecule has 0 aliphatic carbocycles. The Morgan fingerprint density at radius 2 is 2.04 bits per heavy atom. The molecule has 3 heterocycles. The summed E-state index contributed by atoms with van der Waals surface area (Å²) >= 11 is 0. The van der Waals surface area contributed by atoms with Crippen LogP contribution in [0.5, 0.6) is 0 Å². The van der Waals surface area contributed by atoms with Crippen molar-refractivity contribution >= 4 is 11.7 Å². The molecule has 0 saturated heterocycles. The maximum atomic E-state index is 13.6. The average Bonchev–Trinajstić information content (AvgIpc) is 2.95. The molecule has 1 aromatic carbocycles. The number of amides is 1. The van der Waals surface area contributed by atoms with Crippen LogP contribution in [-0.4, -0.2) is 20.7 Å². The Morgan fingerprint density at radius 1 is 1.17 bits per heavy atom. The van der Waals surface area contributed by atoms with E-state index in [1.807, 2.05) is 22.9 Å². The van der Waals surface area contributed by atoms with Gasteiger partial charge in [-0.25, -0.2) is 9.37 Å². The first-order valence-electron chi connectivity index (χ1n) is 7.66. The predicted octanol–water partition coefficient (Wildman–Crippen LogP) is 2.93. The lowest BCUT2D eigenvalue weighted by molar-refractivity contribution is 0.0983. The van der Waals surface area contributed by atoms with E-state index in [1.165, 1.54) is 12.1 Å². The number of pyridine rings is 1. The molecule has 0 spiro atoms. The van der Waals surface area contributed by atoms with Crippen LogP contribution in [0.25, 0.3) is 0 Å². The Kier molecular flexibility index (Phi) is 3.37. The molecule has 1 aliphatic rings. The van der Waals surface area contributed by atoms with Crippen LogP contribution in [0, 0.1) is 12.7 Å². The number of nitrogens with zero attached hydrogens (tertiary/aromatic N) is 4. The quantitative estimate of drug-likeness (QED) is 0.692. The molecule has 24 heavy (non-hydrogen) atoms. The number of rotatable bonds is 1. The molecule has 1 amide bonds. The fourth-order valence-electron chi connectivity index (χ4n) is 2.97. The van der Waals surface area contributed by atoms with E-state index < -0.39 is 5.82 Å². The number of aryl methyl sites for hydroxylation is 1. The first-order valence-corrected chi connectivity index (χ1v) is 7.66. The van der Waals surface area contributed by atoms with Crippen molar-refractivity contribution < 1.29 is 9.18 Å². The van der Waals surface area contributed by atoms with Crippen molar-refractivity contribution in [3.63, 3.8) is 0 Å². The SMILES string of the molecule is Cc1ccc(F)cc1C(=O)N1Cc2ccnn2Cc2cccnc21. The number of halogens is 1. The highest BCUT2D eigenvalue weighted by Crippen LogP contribution is 2.27. The lowest BCUT2D eigenvalue weighted by Gasteiger charge is -2.22. The predicted molar refractivity (Wildman–Crippen MR) is 87.2 cm³/mol. The van der Waals surface area contributed by atoms with E-state index in [0.717, 1.165) is 16.8 Å². The van der Waals surface area contributed by atoms with Gasteiger partial charge >= 0.3 is 0 Å². The second kappa shape index (κ2) is 5.56. The van der Waals surface area contributed by atoms with E-state index in [4.69, 9.17) is 0 Å². The topological polar surface area (TPSA) is 51.0 Å². The zero-order chi connectivity index (χ0) is 16.7. The third-order valence-corrected chi connectivity index (χ3v) is 4.24. The summed E-state index contributed by atoms with van der Waals surface area (Å²) in [4.78, 5) is 19.1. The van der Waals surface area contributed by atoms with Crippen LogP contribution in [0.15, 0.2) is 48.8 Å². The lowest BCUT2D eigenvalue weighted by Crippen LogP contribution is -2.32. The van der Waals surface area contributed by atoms with Gasteiger partial charge in [0, 0.05) is 23.5 Å². The third kappa shape index (κ3) is 2.36. The van der Waals surface area contributed by atoms with E-state index in [0.29, 0.717) is 24.5 Å². The van der Waals surface area contributed by atoms with Gasteiger partial charge in [0.15, 0.2) is 0 Å². The van der Waals surface area contributed by atoms with E-state index in [2.05, 4.69) is 10.1 Å². The molecule has 0 fully saturated rings. The third-order valence-electron chi connectivity index (χ3n) is 4.24. The Morgan fingerprint density at radius 3 is 2.92 bits per heavy atom. The molecule has 0 atom stereocenters. The van der Waals surface area contributed by atoms with Crippen molar-refractivity contribution in [3.8, 4) is 0 Å². The summed E-state index contributed by atoms with van der Waals surface area (Å²) in [7, 11) is 0. The minimum atomic E-state index is -0.426. The number of carbonyl (C=O) groups excluding carboxylic acids is 1. The number of fused-ring (bicyclic) bond motifs is 2. The summed E-state index contributed by atoms with van der Waals surface area (Å²) < 4.78 is 15.5. The molecule has 120 valence electrons. The van der Waals surface area contributed by atoms with Crippen LogP contribution in [0.4, 0.5) is 10.2 Å². The Labute approximate surface area is 138 Å². The lowest BCUT2D eigenvalue weighted by atomic mass is 10.1. The number of hydrogen-bond donors (Lipinski definition) is 0. The maximum Gasteiger partial charge on any atom is 0.260 e. The highest BCUT2D eigenvalue weighted by molar-refractivity contribution is 6.06. The Balaban J connectivity index is 1.84. The minimum Gasteiger partial charge on any atom is -0.286 e. The van der Waals surface area contributed by atoms with Crippen molar-refractivity contribution in [2.75, 3.05) is 4.90 Å². The second-order valence-electron chi connectivity index (χ2n) is 5.82. The molecular formula is C18H15FN4O. The van der Waals surface area contributed by atoms with Crippen LogP contribution in [0.2, 0.25) is 0 Å². The van der Waals surface area contributed by atoms with Gasteiger partial charge < -0.3 is 0 Å². The molecule has 4 rings (SSSR count). The standard InChI is InChI=1S/C18H15FN4O/c1-12-4-5-14(19)9-16(12)18(24)22-11-15-6-8-21-23(15)10-13-3-2-7-20-17(13)22/h2-9H,10-11H2,1H3. The molecule has 1 aliphatic heterocycles. The molecule has 6 heteroatoms. The zero-order valence-corrected chi connectivity index (χ0v) is 13.1. The highest BCUT2D eigenvalue weighted by atomic mass is 19.1. The van der Waals surface area contributed by atoms with Gasteiger partial charge in [0.2, 0.25) is 0 Å². The average molecular weight is 322 g/mol. The van der Waals surface area contributed by atoms with Gasteiger partial charge in [0.1, 0.15) is 11.6 Å². The summed E-state index contributed by atoms with van der Waals surface area (Å²) in [5.74, 6) is -0.0941. The van der Waals surface area contributed by atoms with Gasteiger partial charge in [0.25, 0.3) is 5.91 Å². The van der Waals surface area contributed by atoms with Crippen LogP contribution < -0.4 is 4.90 Å². The molecular weight excluding hydrogens is 307 g/mol. The summed E-state index contributed by atoms with van der Waals surface area (Å²) in [5, 5.41) is 4.30. The molecule has 2 aromatic heterocycles.